The van der Waals surface area contributed by atoms with Crippen molar-refractivity contribution in [2.24, 2.45) is 5.41 Å². The van der Waals surface area contributed by atoms with Gasteiger partial charge in [0.05, 0.1) is 6.04 Å². The number of nitrogens with zero attached hydrogens (tertiary/aromatic N) is 1. The lowest BCUT2D eigenvalue weighted by atomic mass is 9.76. The normalized spacial score (nSPS) is 33.8. The Labute approximate surface area is 120 Å². The number of piperidine rings is 2. The maximum atomic E-state index is 12.9. The minimum absolute atomic E-state index is 0.0423. The topological polar surface area (TPSA) is 69.6 Å². The average molecular weight is 282 g/mol. The van der Waals surface area contributed by atoms with E-state index in [1.807, 2.05) is 0 Å². The Morgan fingerprint density at radius 3 is 2.45 bits per heavy atom. The van der Waals surface area contributed by atoms with E-state index in [-0.39, 0.29) is 17.4 Å². The van der Waals surface area contributed by atoms with E-state index in [4.69, 9.17) is 0 Å². The molecule has 0 saturated carbocycles. The minimum Gasteiger partial charge on any atom is -0.480 e. The fourth-order valence-corrected chi connectivity index (χ4v) is 3.49. The predicted molar refractivity (Wildman–Crippen MR) is 76.4 cm³/mol. The summed E-state index contributed by atoms with van der Waals surface area (Å²) in [7, 11) is 0. The minimum atomic E-state index is -1.05. The Bertz CT molecular complexity index is 408. The Balaban J connectivity index is 2.24. The highest BCUT2D eigenvalue weighted by molar-refractivity contribution is 5.90. The molecule has 20 heavy (non-hydrogen) atoms. The molecule has 5 heteroatoms. The molecule has 114 valence electrons. The number of aliphatic carboxylic acids is 1. The summed E-state index contributed by atoms with van der Waals surface area (Å²) in [6.07, 6.45) is 4.36. The van der Waals surface area contributed by atoms with Crippen LogP contribution in [0.1, 0.15) is 52.9 Å². The van der Waals surface area contributed by atoms with Crippen LogP contribution in [0.3, 0.4) is 0 Å². The van der Waals surface area contributed by atoms with Crippen LogP contribution in [0, 0.1) is 5.41 Å². The highest BCUT2D eigenvalue weighted by Crippen LogP contribution is 2.35. The van der Waals surface area contributed by atoms with E-state index < -0.39 is 11.5 Å². The fraction of sp³-hybridized carbons (Fsp3) is 0.867. The van der Waals surface area contributed by atoms with Crippen molar-refractivity contribution in [3.63, 3.8) is 0 Å². The molecule has 2 rings (SSSR count). The van der Waals surface area contributed by atoms with Gasteiger partial charge >= 0.3 is 5.97 Å². The summed E-state index contributed by atoms with van der Waals surface area (Å²) in [4.78, 5) is 26.1. The molecule has 2 unspecified atom stereocenters. The van der Waals surface area contributed by atoms with Crippen molar-refractivity contribution >= 4 is 11.9 Å². The van der Waals surface area contributed by atoms with E-state index in [1.54, 1.807) is 11.8 Å². The van der Waals surface area contributed by atoms with E-state index in [1.165, 1.54) is 0 Å². The standard InChI is InChI=1S/C15H26N2O3/c1-14(2)7-6-9-16-11(14)12(18)17-10-5-4-8-15(17,3)13(19)20/h11,16H,4-10H2,1-3H3,(H,19,20). The van der Waals surface area contributed by atoms with Crippen LogP contribution in [0.5, 0.6) is 0 Å². The zero-order valence-corrected chi connectivity index (χ0v) is 12.7. The molecule has 2 heterocycles. The van der Waals surface area contributed by atoms with Gasteiger partial charge in [0.15, 0.2) is 0 Å². The molecule has 0 spiro atoms. The molecule has 0 radical (unpaired) electrons. The molecular formula is C15H26N2O3. The summed E-state index contributed by atoms with van der Waals surface area (Å²) in [6, 6.07) is -0.270. The quantitative estimate of drug-likeness (QED) is 0.807. The van der Waals surface area contributed by atoms with Crippen molar-refractivity contribution in [2.45, 2.75) is 64.5 Å². The average Bonchev–Trinajstić information content (AvgIpc) is 2.38. The van der Waals surface area contributed by atoms with E-state index in [0.717, 1.165) is 32.2 Å². The van der Waals surface area contributed by atoms with Gasteiger partial charge in [-0.15, -0.1) is 0 Å². The number of carboxylic acid groups (broad SMARTS) is 1. The summed E-state index contributed by atoms with van der Waals surface area (Å²) >= 11 is 0. The van der Waals surface area contributed by atoms with E-state index in [0.29, 0.717) is 13.0 Å². The summed E-state index contributed by atoms with van der Waals surface area (Å²) in [5, 5.41) is 12.8. The van der Waals surface area contributed by atoms with Crippen LogP contribution in [0.4, 0.5) is 0 Å². The third kappa shape index (κ3) is 2.55. The molecular weight excluding hydrogens is 256 g/mol. The van der Waals surface area contributed by atoms with Gasteiger partial charge in [-0.3, -0.25) is 4.79 Å². The lowest BCUT2D eigenvalue weighted by Gasteiger charge is -2.47. The molecule has 0 aromatic carbocycles. The smallest absolute Gasteiger partial charge is 0.329 e. The molecule has 2 aliphatic heterocycles. The first-order valence-electron chi connectivity index (χ1n) is 7.57. The molecule has 1 amide bonds. The Morgan fingerprint density at radius 2 is 1.85 bits per heavy atom. The number of hydrogen-bond donors (Lipinski definition) is 2. The van der Waals surface area contributed by atoms with Crippen molar-refractivity contribution in [3.05, 3.63) is 0 Å². The largest absolute Gasteiger partial charge is 0.480 e. The van der Waals surface area contributed by atoms with Gasteiger partial charge in [0, 0.05) is 6.54 Å². The van der Waals surface area contributed by atoms with Crippen LogP contribution in [0.25, 0.3) is 0 Å². The zero-order chi connectivity index (χ0) is 15.0. The van der Waals surface area contributed by atoms with Crippen LogP contribution in [0.15, 0.2) is 0 Å². The van der Waals surface area contributed by atoms with Crippen LogP contribution in [0.2, 0.25) is 0 Å². The molecule has 0 aromatic rings. The second-order valence-electron chi connectivity index (χ2n) is 7.01. The fourth-order valence-electron chi connectivity index (χ4n) is 3.49. The summed E-state index contributed by atoms with van der Waals surface area (Å²) < 4.78 is 0. The van der Waals surface area contributed by atoms with Gasteiger partial charge in [-0.1, -0.05) is 13.8 Å². The number of hydrogen-bond acceptors (Lipinski definition) is 3. The lowest BCUT2D eigenvalue weighted by molar-refractivity contribution is -0.163. The van der Waals surface area contributed by atoms with Crippen molar-refractivity contribution in [2.75, 3.05) is 13.1 Å². The Morgan fingerprint density at radius 1 is 1.15 bits per heavy atom. The maximum absolute atomic E-state index is 12.9. The second-order valence-corrected chi connectivity index (χ2v) is 7.01. The number of rotatable bonds is 2. The zero-order valence-electron chi connectivity index (χ0n) is 12.7. The monoisotopic (exact) mass is 282 g/mol. The number of likely N-dealkylation sites (tertiary alicyclic amines) is 1. The maximum Gasteiger partial charge on any atom is 0.329 e. The third-order valence-corrected chi connectivity index (χ3v) is 4.99. The first-order chi connectivity index (χ1) is 9.29. The van der Waals surface area contributed by atoms with Gasteiger partial charge < -0.3 is 15.3 Å². The van der Waals surface area contributed by atoms with E-state index in [9.17, 15) is 14.7 Å². The van der Waals surface area contributed by atoms with Crippen LogP contribution in [-0.4, -0.2) is 46.6 Å². The molecule has 2 saturated heterocycles. The van der Waals surface area contributed by atoms with E-state index >= 15 is 0 Å². The van der Waals surface area contributed by atoms with Gasteiger partial charge in [-0.2, -0.15) is 0 Å². The molecule has 2 atom stereocenters. The van der Waals surface area contributed by atoms with Crippen LogP contribution in [-0.2, 0) is 9.59 Å². The summed E-state index contributed by atoms with van der Waals surface area (Å²) in [5.74, 6) is -0.932. The second kappa shape index (κ2) is 5.35. The number of carboxylic acids is 1. The first kappa shape index (κ1) is 15.3. The molecule has 0 bridgehead atoms. The highest BCUT2D eigenvalue weighted by atomic mass is 16.4. The first-order valence-corrected chi connectivity index (χ1v) is 7.57. The van der Waals surface area contributed by atoms with Crippen molar-refractivity contribution in [1.29, 1.82) is 0 Å². The SMILES string of the molecule is CC1(C)CCCNC1C(=O)N1CCCCC1(C)C(=O)O. The summed E-state index contributed by atoms with van der Waals surface area (Å²) in [5.41, 5.74) is -1.17. The highest BCUT2D eigenvalue weighted by Gasteiger charge is 2.48. The number of nitrogens with one attached hydrogen (secondary N) is 1. The Hall–Kier alpha value is -1.10. The molecule has 0 aromatic heterocycles. The molecule has 2 aliphatic rings. The number of amides is 1. The van der Waals surface area contributed by atoms with Gasteiger partial charge in [-0.25, -0.2) is 4.79 Å². The predicted octanol–water partition coefficient (Wildman–Crippen LogP) is 1.62. The van der Waals surface area contributed by atoms with Crippen LogP contribution >= 0.6 is 0 Å². The molecule has 0 aliphatic carbocycles. The lowest BCUT2D eigenvalue weighted by Crippen LogP contribution is -2.64. The van der Waals surface area contributed by atoms with Crippen molar-refractivity contribution < 1.29 is 14.7 Å². The van der Waals surface area contributed by atoms with Gasteiger partial charge in [0.1, 0.15) is 5.54 Å². The van der Waals surface area contributed by atoms with Gasteiger partial charge in [0.2, 0.25) is 5.91 Å². The van der Waals surface area contributed by atoms with Crippen molar-refractivity contribution in [3.8, 4) is 0 Å². The molecule has 2 N–H and O–H groups in total. The Kier molecular flexibility index (Phi) is 4.09. The van der Waals surface area contributed by atoms with Gasteiger partial charge in [0.25, 0.3) is 0 Å². The third-order valence-electron chi connectivity index (χ3n) is 4.99. The van der Waals surface area contributed by atoms with Crippen molar-refractivity contribution in [1.82, 2.24) is 10.2 Å². The number of carbonyl (C=O) groups is 2. The van der Waals surface area contributed by atoms with E-state index in [2.05, 4.69) is 19.2 Å². The number of carbonyl (C=O) groups excluding carboxylic acids is 1. The van der Waals surface area contributed by atoms with Gasteiger partial charge in [-0.05, 0) is 51.0 Å². The van der Waals surface area contributed by atoms with Crippen LogP contribution < -0.4 is 5.32 Å². The molecule has 2 fully saturated rings. The molecule has 5 nitrogen and oxygen atoms in total. The summed E-state index contributed by atoms with van der Waals surface area (Å²) in [6.45, 7) is 7.24.